The molecule has 1 atom stereocenters. The van der Waals surface area contributed by atoms with Crippen molar-refractivity contribution in [2.24, 2.45) is 12.8 Å². The maximum atomic E-state index is 5.98. The molecule has 0 fully saturated rings. The molecule has 1 heterocycles. The van der Waals surface area contributed by atoms with E-state index in [-0.39, 0.29) is 6.04 Å². The van der Waals surface area contributed by atoms with Gasteiger partial charge in [0.05, 0.1) is 0 Å². The Morgan fingerprint density at radius 2 is 2.24 bits per heavy atom. The number of nitrogens with two attached hydrogens (primary N) is 1. The minimum absolute atomic E-state index is 0.0193. The molecule has 0 bridgehead atoms. The topological polar surface area (TPSA) is 43.8 Å². The highest BCUT2D eigenvalue weighted by Crippen LogP contribution is 2.33. The first-order valence-electron chi connectivity index (χ1n) is 5.28. The lowest BCUT2D eigenvalue weighted by atomic mass is 10.1. The van der Waals surface area contributed by atoms with Gasteiger partial charge in [0.25, 0.3) is 0 Å². The van der Waals surface area contributed by atoms with Gasteiger partial charge in [0, 0.05) is 34.9 Å². The number of hydrogen-bond donors (Lipinski definition) is 1. The van der Waals surface area contributed by atoms with E-state index >= 15 is 0 Å². The summed E-state index contributed by atoms with van der Waals surface area (Å²) in [4.78, 5) is 5.45. The smallest absolute Gasteiger partial charge is 0.172 e. The van der Waals surface area contributed by atoms with Gasteiger partial charge in [-0.25, -0.2) is 4.98 Å². The number of benzene rings is 1. The molecule has 2 rings (SSSR count). The van der Waals surface area contributed by atoms with Gasteiger partial charge in [0.15, 0.2) is 5.16 Å². The van der Waals surface area contributed by atoms with Crippen LogP contribution in [0.15, 0.2) is 45.1 Å². The van der Waals surface area contributed by atoms with Gasteiger partial charge in [-0.1, -0.05) is 33.8 Å². The number of halogens is 1. The zero-order valence-corrected chi connectivity index (χ0v) is 12.1. The lowest BCUT2D eigenvalue weighted by molar-refractivity contribution is 0.780. The van der Waals surface area contributed by atoms with E-state index in [9.17, 15) is 0 Å². The SMILES string of the molecule is CC(N)c1ccc(Br)cc1Sc1nccn1C. The Labute approximate surface area is 114 Å². The lowest BCUT2D eigenvalue weighted by Gasteiger charge is -2.12. The van der Waals surface area contributed by atoms with Crippen LogP contribution in [0.4, 0.5) is 0 Å². The summed E-state index contributed by atoms with van der Waals surface area (Å²) in [5.74, 6) is 0. The van der Waals surface area contributed by atoms with Gasteiger partial charge in [0.1, 0.15) is 0 Å². The van der Waals surface area contributed by atoms with Gasteiger partial charge in [-0.15, -0.1) is 0 Å². The van der Waals surface area contributed by atoms with Crippen molar-refractivity contribution in [3.05, 3.63) is 40.6 Å². The van der Waals surface area contributed by atoms with E-state index in [0.717, 1.165) is 20.1 Å². The molecule has 0 aliphatic carbocycles. The van der Waals surface area contributed by atoms with Crippen molar-refractivity contribution < 1.29 is 0 Å². The van der Waals surface area contributed by atoms with E-state index in [1.54, 1.807) is 18.0 Å². The second-order valence-electron chi connectivity index (χ2n) is 3.89. The molecule has 2 aromatic rings. The zero-order valence-electron chi connectivity index (χ0n) is 9.72. The zero-order chi connectivity index (χ0) is 12.4. The van der Waals surface area contributed by atoms with E-state index in [1.165, 1.54) is 0 Å². The molecule has 2 N–H and O–H groups in total. The summed E-state index contributed by atoms with van der Waals surface area (Å²) in [5, 5.41) is 0.963. The molecule has 0 radical (unpaired) electrons. The van der Waals surface area contributed by atoms with Crippen molar-refractivity contribution in [2.45, 2.75) is 23.0 Å². The van der Waals surface area contributed by atoms with Gasteiger partial charge in [-0.05, 0) is 24.6 Å². The minimum Gasteiger partial charge on any atom is -0.329 e. The van der Waals surface area contributed by atoms with Crippen molar-refractivity contribution >= 4 is 27.7 Å². The van der Waals surface area contributed by atoms with Crippen LogP contribution in [-0.4, -0.2) is 9.55 Å². The molecule has 3 nitrogen and oxygen atoms in total. The van der Waals surface area contributed by atoms with Crippen LogP contribution >= 0.6 is 27.7 Å². The summed E-state index contributed by atoms with van der Waals surface area (Å²) in [6.07, 6.45) is 3.73. The normalized spacial score (nSPS) is 12.7. The fourth-order valence-corrected chi connectivity index (χ4v) is 3.11. The van der Waals surface area contributed by atoms with Crippen LogP contribution in [0.3, 0.4) is 0 Å². The first-order chi connectivity index (χ1) is 8.08. The Morgan fingerprint density at radius 1 is 1.47 bits per heavy atom. The van der Waals surface area contributed by atoms with Crippen molar-refractivity contribution in [3.8, 4) is 0 Å². The van der Waals surface area contributed by atoms with E-state index in [0.29, 0.717) is 0 Å². The molecule has 0 aliphatic heterocycles. The fourth-order valence-electron chi connectivity index (χ4n) is 1.52. The van der Waals surface area contributed by atoms with Gasteiger partial charge >= 0.3 is 0 Å². The summed E-state index contributed by atoms with van der Waals surface area (Å²) < 4.78 is 3.05. The monoisotopic (exact) mass is 311 g/mol. The van der Waals surface area contributed by atoms with E-state index in [1.807, 2.05) is 30.8 Å². The first kappa shape index (κ1) is 12.7. The number of nitrogens with zero attached hydrogens (tertiary/aromatic N) is 2. The molecule has 0 amide bonds. The van der Waals surface area contributed by atoms with E-state index in [4.69, 9.17) is 5.73 Å². The minimum atomic E-state index is 0.0193. The molecule has 1 aromatic carbocycles. The maximum Gasteiger partial charge on any atom is 0.172 e. The van der Waals surface area contributed by atoms with E-state index in [2.05, 4.69) is 33.0 Å². The predicted molar refractivity (Wildman–Crippen MR) is 74.1 cm³/mol. The Kier molecular flexibility index (Phi) is 3.91. The van der Waals surface area contributed by atoms with Gasteiger partial charge in [-0.3, -0.25) is 0 Å². The van der Waals surface area contributed by atoms with Gasteiger partial charge < -0.3 is 10.3 Å². The third-order valence-electron chi connectivity index (χ3n) is 2.44. The summed E-state index contributed by atoms with van der Waals surface area (Å²) >= 11 is 5.12. The summed E-state index contributed by atoms with van der Waals surface area (Å²) in [6, 6.07) is 6.17. The van der Waals surface area contributed by atoms with Crippen LogP contribution in [0.2, 0.25) is 0 Å². The number of imidazole rings is 1. The van der Waals surface area contributed by atoms with Crippen LogP contribution in [0.25, 0.3) is 0 Å². The number of hydrogen-bond acceptors (Lipinski definition) is 3. The van der Waals surface area contributed by atoms with Crippen LogP contribution in [0.5, 0.6) is 0 Å². The van der Waals surface area contributed by atoms with Crippen molar-refractivity contribution in [2.75, 3.05) is 0 Å². The Hall–Kier alpha value is -0.780. The Morgan fingerprint density at radius 3 is 2.82 bits per heavy atom. The molecule has 90 valence electrons. The third-order valence-corrected chi connectivity index (χ3v) is 4.09. The highest BCUT2D eigenvalue weighted by Gasteiger charge is 2.11. The third kappa shape index (κ3) is 2.91. The van der Waals surface area contributed by atoms with E-state index < -0.39 is 0 Å². The Bertz CT molecular complexity index is 522. The summed E-state index contributed by atoms with van der Waals surface area (Å²) in [7, 11) is 1.98. The van der Waals surface area contributed by atoms with Crippen molar-refractivity contribution in [3.63, 3.8) is 0 Å². The van der Waals surface area contributed by atoms with Gasteiger partial charge in [-0.2, -0.15) is 0 Å². The van der Waals surface area contributed by atoms with Crippen molar-refractivity contribution in [1.29, 1.82) is 0 Å². The predicted octanol–water partition coefficient (Wildman–Crippen LogP) is 3.35. The Balaban J connectivity index is 2.37. The van der Waals surface area contributed by atoms with Crippen molar-refractivity contribution in [1.82, 2.24) is 9.55 Å². The number of aromatic nitrogens is 2. The molecule has 0 aliphatic rings. The van der Waals surface area contributed by atoms with Crippen LogP contribution in [0.1, 0.15) is 18.5 Å². The number of aryl methyl sites for hydroxylation is 1. The molecule has 0 saturated carbocycles. The molecule has 0 spiro atoms. The second kappa shape index (κ2) is 5.25. The molecule has 5 heteroatoms. The average Bonchev–Trinajstić information content (AvgIpc) is 2.64. The highest BCUT2D eigenvalue weighted by molar-refractivity contribution is 9.10. The van der Waals surface area contributed by atoms with Crippen LogP contribution < -0.4 is 5.73 Å². The lowest BCUT2D eigenvalue weighted by Crippen LogP contribution is -2.06. The van der Waals surface area contributed by atoms with Gasteiger partial charge in [0.2, 0.25) is 0 Å². The quantitative estimate of drug-likeness (QED) is 0.945. The highest BCUT2D eigenvalue weighted by atomic mass is 79.9. The van der Waals surface area contributed by atoms with Crippen LogP contribution in [0, 0.1) is 0 Å². The fraction of sp³-hybridized carbons (Fsp3) is 0.250. The molecular weight excluding hydrogens is 298 g/mol. The molecular formula is C12H14BrN3S. The molecule has 1 aromatic heterocycles. The molecule has 0 saturated heterocycles. The number of rotatable bonds is 3. The first-order valence-corrected chi connectivity index (χ1v) is 6.89. The average molecular weight is 312 g/mol. The maximum absolute atomic E-state index is 5.98. The van der Waals surface area contributed by atoms with Crippen LogP contribution in [-0.2, 0) is 7.05 Å². The summed E-state index contributed by atoms with van der Waals surface area (Å²) in [5.41, 5.74) is 7.12. The molecule has 17 heavy (non-hydrogen) atoms. The second-order valence-corrected chi connectivity index (χ2v) is 5.82. The molecule has 1 unspecified atom stereocenters. The summed E-state index contributed by atoms with van der Waals surface area (Å²) in [6.45, 7) is 1.99. The standard InChI is InChI=1S/C12H14BrN3S/c1-8(14)10-4-3-9(13)7-11(10)17-12-15-5-6-16(12)2/h3-8H,14H2,1-2H3. The largest absolute Gasteiger partial charge is 0.329 e.